The van der Waals surface area contributed by atoms with Gasteiger partial charge in [0.1, 0.15) is 17.1 Å². The van der Waals surface area contributed by atoms with E-state index in [1.807, 2.05) is 65.8 Å². The number of benzene rings is 1. The van der Waals surface area contributed by atoms with Crippen molar-refractivity contribution in [2.45, 2.75) is 66.3 Å². The molecule has 168 valence electrons. The molecule has 2 fully saturated rings. The number of ether oxygens (including phenoxy) is 2. The van der Waals surface area contributed by atoms with Gasteiger partial charge in [-0.3, -0.25) is 0 Å². The average molecular weight is 423 g/mol. The van der Waals surface area contributed by atoms with Crippen molar-refractivity contribution in [2.75, 3.05) is 0 Å². The Morgan fingerprint density at radius 3 is 2.35 bits per heavy atom. The predicted molar refractivity (Wildman–Crippen MR) is 127 cm³/mol. The second-order valence-corrected chi connectivity index (χ2v) is 7.90. The maximum absolute atomic E-state index is 10.7. The van der Waals surface area contributed by atoms with Crippen LogP contribution in [0.5, 0.6) is 0 Å². The molecule has 0 radical (unpaired) electrons. The summed E-state index contributed by atoms with van der Waals surface area (Å²) in [6, 6.07) is 8.01. The van der Waals surface area contributed by atoms with Crippen LogP contribution < -0.4 is 0 Å². The molecule has 6 rings (SSSR count). The summed E-state index contributed by atoms with van der Waals surface area (Å²) in [5.41, 5.74) is 1.85. The maximum Gasteiger partial charge on any atom is 0.183 e. The Morgan fingerprint density at radius 2 is 1.71 bits per heavy atom. The third kappa shape index (κ3) is 2.93. The van der Waals surface area contributed by atoms with Gasteiger partial charge in [-0.1, -0.05) is 85.0 Å². The van der Waals surface area contributed by atoms with Crippen molar-refractivity contribution in [1.82, 2.24) is 0 Å². The Balaban J connectivity index is 0.000000421. The van der Waals surface area contributed by atoms with E-state index in [9.17, 15) is 5.11 Å². The van der Waals surface area contributed by atoms with E-state index in [0.717, 1.165) is 34.8 Å². The topological polar surface area (TPSA) is 38.7 Å². The Morgan fingerprint density at radius 1 is 1.03 bits per heavy atom. The molecule has 6 unspecified atom stereocenters. The maximum atomic E-state index is 10.7. The van der Waals surface area contributed by atoms with Crippen LogP contribution in [0.15, 0.2) is 72.7 Å². The lowest BCUT2D eigenvalue weighted by Crippen LogP contribution is -2.46. The highest BCUT2D eigenvalue weighted by molar-refractivity contribution is 5.59. The normalized spacial score (nSPS) is 36.7. The number of allylic oxidation sites excluding steroid dienone is 2. The van der Waals surface area contributed by atoms with Gasteiger partial charge < -0.3 is 14.6 Å². The number of aliphatic hydroxyl groups is 1. The minimum absolute atomic E-state index is 0.214. The zero-order valence-electron chi connectivity index (χ0n) is 19.9. The fourth-order valence-electron chi connectivity index (χ4n) is 5.89. The van der Waals surface area contributed by atoms with Gasteiger partial charge in [-0.25, -0.2) is 0 Å². The van der Waals surface area contributed by atoms with Gasteiger partial charge in [0.25, 0.3) is 0 Å². The number of hydrogen-bond acceptors (Lipinski definition) is 3. The molecule has 0 saturated heterocycles. The van der Waals surface area contributed by atoms with Crippen LogP contribution in [0.4, 0.5) is 0 Å². The first-order valence-electron chi connectivity index (χ1n) is 12.0. The molecule has 1 aromatic rings. The van der Waals surface area contributed by atoms with E-state index >= 15 is 0 Å². The Labute approximate surface area is 188 Å². The number of aliphatic hydroxyl groups excluding tert-OH is 1. The molecule has 0 bridgehead atoms. The molecule has 0 aromatic heterocycles. The van der Waals surface area contributed by atoms with E-state index in [4.69, 9.17) is 9.47 Å². The summed E-state index contributed by atoms with van der Waals surface area (Å²) < 4.78 is 12.7. The van der Waals surface area contributed by atoms with E-state index in [1.165, 1.54) is 6.42 Å². The minimum atomic E-state index is -0.927. The molecule has 2 spiro atoms. The van der Waals surface area contributed by atoms with Crippen molar-refractivity contribution in [2.24, 2.45) is 23.2 Å². The van der Waals surface area contributed by atoms with Gasteiger partial charge in [-0.15, -0.1) is 0 Å². The SMILES string of the molecule is C=CC1=C(C=C)C2(OC(O)c3ccccc32)C23CC2C2CC2C=C3O1.CC.CC.CC. The Hall–Kier alpha value is -2.10. The molecule has 3 aliphatic carbocycles. The van der Waals surface area contributed by atoms with Gasteiger partial charge in [0, 0.05) is 11.1 Å². The molecular formula is C28H38O3. The number of rotatable bonds is 2. The van der Waals surface area contributed by atoms with Crippen molar-refractivity contribution in [3.63, 3.8) is 0 Å². The monoisotopic (exact) mass is 422 g/mol. The van der Waals surface area contributed by atoms with E-state index in [1.54, 1.807) is 6.08 Å². The predicted octanol–water partition coefficient (Wildman–Crippen LogP) is 7.18. The summed E-state index contributed by atoms with van der Waals surface area (Å²) in [6.45, 7) is 20.0. The lowest BCUT2D eigenvalue weighted by Gasteiger charge is -2.46. The molecule has 3 nitrogen and oxygen atoms in total. The van der Waals surface area contributed by atoms with E-state index in [2.05, 4.69) is 25.3 Å². The molecule has 3 heteroatoms. The van der Waals surface area contributed by atoms with Crippen LogP contribution in [-0.4, -0.2) is 5.11 Å². The third-order valence-corrected chi connectivity index (χ3v) is 7.00. The molecule has 0 amide bonds. The number of fused-ring (bicyclic) bond motifs is 4. The second-order valence-electron chi connectivity index (χ2n) is 7.90. The van der Waals surface area contributed by atoms with Gasteiger partial charge in [0.2, 0.25) is 0 Å². The fourth-order valence-corrected chi connectivity index (χ4v) is 5.89. The molecular weight excluding hydrogens is 384 g/mol. The van der Waals surface area contributed by atoms with Gasteiger partial charge in [-0.05, 0) is 48.3 Å². The van der Waals surface area contributed by atoms with Crippen LogP contribution in [0.3, 0.4) is 0 Å². The molecule has 6 atom stereocenters. The zero-order valence-corrected chi connectivity index (χ0v) is 19.9. The quantitative estimate of drug-likeness (QED) is 0.549. The summed E-state index contributed by atoms with van der Waals surface area (Å²) in [7, 11) is 0. The molecule has 1 N–H and O–H groups in total. The summed E-state index contributed by atoms with van der Waals surface area (Å²) in [5.74, 6) is 3.64. The molecule has 2 saturated carbocycles. The highest BCUT2D eigenvalue weighted by Gasteiger charge is 2.80. The standard InChI is InChI=1S/C22H20O3.3C2H6/c1-3-15-18(4-2)24-19-10-12-9-14(12)17-11-21(17,19)22(15)16-8-6-5-7-13(16)20(23)25-22;3*1-2/h3-8,10,12,14,17,20,23H,1-2,9,11H2;3*1-2H3. The third-order valence-electron chi connectivity index (χ3n) is 7.00. The highest BCUT2D eigenvalue weighted by atomic mass is 16.6. The molecule has 5 aliphatic rings. The summed E-state index contributed by atoms with van der Waals surface area (Å²) in [5, 5.41) is 10.7. The lowest BCUT2D eigenvalue weighted by atomic mass is 9.67. The number of hydrogen-bond donors (Lipinski definition) is 1. The lowest BCUT2D eigenvalue weighted by molar-refractivity contribution is -0.190. The Bertz CT molecular complexity index is 911. The van der Waals surface area contributed by atoms with Gasteiger partial charge >= 0.3 is 0 Å². The van der Waals surface area contributed by atoms with Crippen LogP contribution in [0.2, 0.25) is 0 Å². The van der Waals surface area contributed by atoms with Crippen LogP contribution in [0.25, 0.3) is 0 Å². The largest absolute Gasteiger partial charge is 0.461 e. The first kappa shape index (κ1) is 23.6. The van der Waals surface area contributed by atoms with Crippen LogP contribution in [-0.2, 0) is 15.1 Å². The van der Waals surface area contributed by atoms with Gasteiger partial charge in [0.05, 0.1) is 5.41 Å². The van der Waals surface area contributed by atoms with E-state index in [-0.39, 0.29) is 5.41 Å². The van der Waals surface area contributed by atoms with Crippen molar-refractivity contribution < 1.29 is 14.6 Å². The highest BCUT2D eigenvalue weighted by Crippen LogP contribution is 2.82. The summed E-state index contributed by atoms with van der Waals surface area (Å²) in [4.78, 5) is 0. The van der Waals surface area contributed by atoms with Crippen LogP contribution in [0, 0.1) is 23.2 Å². The van der Waals surface area contributed by atoms with Crippen LogP contribution >= 0.6 is 0 Å². The zero-order chi connectivity index (χ0) is 23.0. The van der Waals surface area contributed by atoms with Crippen molar-refractivity contribution >= 4 is 0 Å². The summed E-state index contributed by atoms with van der Waals surface area (Å²) in [6.07, 6.45) is 7.22. The van der Waals surface area contributed by atoms with Gasteiger partial charge in [-0.2, -0.15) is 0 Å². The second kappa shape index (κ2) is 8.80. The minimum Gasteiger partial charge on any atom is -0.461 e. The first-order chi connectivity index (χ1) is 15.2. The molecule has 1 aromatic carbocycles. The van der Waals surface area contributed by atoms with E-state index in [0.29, 0.717) is 17.6 Å². The fraction of sp³-hybridized carbons (Fsp3) is 0.500. The molecule has 31 heavy (non-hydrogen) atoms. The van der Waals surface area contributed by atoms with Crippen molar-refractivity contribution in [3.8, 4) is 0 Å². The summed E-state index contributed by atoms with van der Waals surface area (Å²) >= 11 is 0. The van der Waals surface area contributed by atoms with Crippen molar-refractivity contribution in [1.29, 1.82) is 0 Å². The first-order valence-corrected chi connectivity index (χ1v) is 12.0. The molecule has 2 heterocycles. The smallest absolute Gasteiger partial charge is 0.183 e. The van der Waals surface area contributed by atoms with Crippen molar-refractivity contribution in [3.05, 3.63) is 83.9 Å². The average Bonchev–Trinajstić information content (AvgIpc) is 3.74. The van der Waals surface area contributed by atoms with Gasteiger partial charge in [0.15, 0.2) is 6.29 Å². The van der Waals surface area contributed by atoms with E-state index < -0.39 is 11.9 Å². The molecule has 2 aliphatic heterocycles. The van der Waals surface area contributed by atoms with Crippen LogP contribution in [0.1, 0.15) is 71.8 Å². The Kier molecular flexibility index (Phi) is 6.69.